The number of carbonyl (C=O) groups excluding carboxylic acids is 1. The highest BCUT2D eigenvalue weighted by Gasteiger charge is 2.17. The molecule has 0 aliphatic carbocycles. The average Bonchev–Trinajstić information content (AvgIpc) is 2.63. The molecular formula is C18H19FN2O3. The third-order valence-corrected chi connectivity index (χ3v) is 3.91. The van der Waals surface area contributed by atoms with Crippen LogP contribution in [-0.2, 0) is 17.8 Å². The number of rotatable bonds is 5. The van der Waals surface area contributed by atoms with Gasteiger partial charge in [0.1, 0.15) is 17.3 Å². The van der Waals surface area contributed by atoms with E-state index in [1.54, 1.807) is 37.4 Å². The van der Waals surface area contributed by atoms with Gasteiger partial charge in [0.25, 0.3) is 5.91 Å². The maximum absolute atomic E-state index is 14.5. The molecule has 2 aromatic carbocycles. The molecule has 0 atom stereocenters. The van der Waals surface area contributed by atoms with Crippen LogP contribution in [-0.4, -0.2) is 26.2 Å². The van der Waals surface area contributed by atoms with Crippen LogP contribution in [0.3, 0.4) is 0 Å². The first-order chi connectivity index (χ1) is 11.7. The van der Waals surface area contributed by atoms with Gasteiger partial charge >= 0.3 is 0 Å². The van der Waals surface area contributed by atoms with Crippen LogP contribution in [0.25, 0.3) is 0 Å². The molecule has 0 aromatic heterocycles. The van der Waals surface area contributed by atoms with E-state index >= 15 is 0 Å². The van der Waals surface area contributed by atoms with Gasteiger partial charge in [0.15, 0.2) is 6.61 Å². The van der Waals surface area contributed by atoms with Crippen molar-refractivity contribution < 1.29 is 18.7 Å². The van der Waals surface area contributed by atoms with Gasteiger partial charge < -0.3 is 20.1 Å². The topological polar surface area (TPSA) is 59.6 Å². The molecule has 2 aromatic rings. The predicted octanol–water partition coefficient (Wildman–Crippen LogP) is 2.50. The van der Waals surface area contributed by atoms with Crippen LogP contribution in [0.5, 0.6) is 11.5 Å². The molecule has 1 aliphatic heterocycles. The highest BCUT2D eigenvalue weighted by atomic mass is 19.1. The van der Waals surface area contributed by atoms with Crippen LogP contribution in [0, 0.1) is 5.82 Å². The van der Waals surface area contributed by atoms with E-state index in [0.717, 1.165) is 12.1 Å². The second kappa shape index (κ2) is 7.31. The molecule has 2 N–H and O–H groups in total. The Morgan fingerprint density at radius 2 is 1.96 bits per heavy atom. The average molecular weight is 330 g/mol. The molecule has 6 heteroatoms. The summed E-state index contributed by atoms with van der Waals surface area (Å²) in [5.41, 5.74) is 1.80. The molecule has 0 radical (unpaired) electrons. The Bertz CT molecular complexity index is 732. The molecule has 24 heavy (non-hydrogen) atoms. The fourth-order valence-electron chi connectivity index (χ4n) is 2.64. The van der Waals surface area contributed by atoms with Crippen LogP contribution in [0.1, 0.15) is 11.1 Å². The van der Waals surface area contributed by atoms with E-state index in [1.807, 2.05) is 6.07 Å². The van der Waals surface area contributed by atoms with Crippen LogP contribution >= 0.6 is 0 Å². The van der Waals surface area contributed by atoms with E-state index in [2.05, 4.69) is 10.6 Å². The first-order valence-corrected chi connectivity index (χ1v) is 7.75. The maximum Gasteiger partial charge on any atom is 0.262 e. The van der Waals surface area contributed by atoms with Gasteiger partial charge in [-0.1, -0.05) is 6.07 Å². The molecule has 0 fully saturated rings. The van der Waals surface area contributed by atoms with Gasteiger partial charge in [0, 0.05) is 6.54 Å². The summed E-state index contributed by atoms with van der Waals surface area (Å²) in [6.07, 6.45) is 0.618. The Morgan fingerprint density at radius 3 is 2.71 bits per heavy atom. The molecule has 3 rings (SSSR count). The van der Waals surface area contributed by atoms with Crippen molar-refractivity contribution in [3.8, 4) is 11.5 Å². The quantitative estimate of drug-likeness (QED) is 0.884. The van der Waals surface area contributed by atoms with Crippen LogP contribution < -0.4 is 20.1 Å². The number of nitrogens with one attached hydrogen (secondary N) is 2. The minimum Gasteiger partial charge on any atom is -0.497 e. The number of ether oxygens (including phenoxy) is 2. The Morgan fingerprint density at radius 1 is 1.21 bits per heavy atom. The normalized spacial score (nSPS) is 13.1. The van der Waals surface area contributed by atoms with E-state index in [4.69, 9.17) is 9.47 Å². The SMILES string of the molecule is COc1ccc(OCC(=O)Nc2ccc3c(c2F)CCNC3)cc1. The minimum atomic E-state index is -0.404. The maximum atomic E-state index is 14.5. The zero-order valence-electron chi connectivity index (χ0n) is 13.4. The van der Waals surface area contributed by atoms with Crippen molar-refractivity contribution in [3.05, 3.63) is 53.3 Å². The van der Waals surface area contributed by atoms with Gasteiger partial charge in [-0.15, -0.1) is 0 Å². The Labute approximate surface area is 139 Å². The second-order valence-corrected chi connectivity index (χ2v) is 5.50. The first kappa shape index (κ1) is 16.3. The van der Waals surface area contributed by atoms with Gasteiger partial charge in [-0.05, 0) is 54.4 Å². The van der Waals surface area contributed by atoms with Gasteiger partial charge in [-0.2, -0.15) is 0 Å². The lowest BCUT2D eigenvalue weighted by molar-refractivity contribution is -0.118. The van der Waals surface area contributed by atoms with Crippen LogP contribution in [0.4, 0.5) is 10.1 Å². The van der Waals surface area contributed by atoms with Crippen molar-refractivity contribution in [2.24, 2.45) is 0 Å². The molecule has 126 valence electrons. The monoisotopic (exact) mass is 330 g/mol. The highest BCUT2D eigenvalue weighted by Crippen LogP contribution is 2.24. The molecule has 0 spiro atoms. The number of hydrogen-bond donors (Lipinski definition) is 2. The van der Waals surface area contributed by atoms with Crippen molar-refractivity contribution >= 4 is 11.6 Å². The van der Waals surface area contributed by atoms with E-state index in [9.17, 15) is 9.18 Å². The fourth-order valence-corrected chi connectivity index (χ4v) is 2.64. The molecular weight excluding hydrogens is 311 g/mol. The highest BCUT2D eigenvalue weighted by molar-refractivity contribution is 5.92. The second-order valence-electron chi connectivity index (χ2n) is 5.50. The summed E-state index contributed by atoms with van der Waals surface area (Å²) in [5, 5.41) is 5.76. The third-order valence-electron chi connectivity index (χ3n) is 3.91. The number of fused-ring (bicyclic) bond motifs is 1. The van der Waals surface area contributed by atoms with Gasteiger partial charge in [0.05, 0.1) is 12.8 Å². The zero-order chi connectivity index (χ0) is 16.9. The van der Waals surface area contributed by atoms with Gasteiger partial charge in [-0.25, -0.2) is 4.39 Å². The number of methoxy groups -OCH3 is 1. The summed E-state index contributed by atoms with van der Waals surface area (Å²) in [4.78, 5) is 12.0. The summed E-state index contributed by atoms with van der Waals surface area (Å²) >= 11 is 0. The molecule has 0 unspecified atom stereocenters. The summed E-state index contributed by atoms with van der Waals surface area (Å²) in [7, 11) is 1.58. The minimum absolute atomic E-state index is 0.190. The predicted molar refractivity (Wildman–Crippen MR) is 88.9 cm³/mol. The summed E-state index contributed by atoms with van der Waals surface area (Å²) in [6.45, 7) is 1.20. The largest absolute Gasteiger partial charge is 0.497 e. The lowest BCUT2D eigenvalue weighted by Gasteiger charge is -2.19. The lowest BCUT2D eigenvalue weighted by Crippen LogP contribution is -2.26. The van der Waals surface area contributed by atoms with Crippen molar-refractivity contribution in [2.45, 2.75) is 13.0 Å². The van der Waals surface area contributed by atoms with Crippen molar-refractivity contribution in [1.82, 2.24) is 5.32 Å². The molecule has 1 amide bonds. The summed E-state index contributed by atoms with van der Waals surface area (Å²) < 4.78 is 24.9. The van der Waals surface area contributed by atoms with Crippen LogP contribution in [0.15, 0.2) is 36.4 Å². The molecule has 5 nitrogen and oxygen atoms in total. The van der Waals surface area contributed by atoms with Gasteiger partial charge in [0.2, 0.25) is 0 Å². The van der Waals surface area contributed by atoms with E-state index in [-0.39, 0.29) is 18.1 Å². The van der Waals surface area contributed by atoms with Gasteiger partial charge in [-0.3, -0.25) is 4.79 Å². The first-order valence-electron chi connectivity index (χ1n) is 7.75. The summed E-state index contributed by atoms with van der Waals surface area (Å²) in [6, 6.07) is 10.3. The molecule has 0 bridgehead atoms. The van der Waals surface area contributed by atoms with Crippen molar-refractivity contribution in [3.63, 3.8) is 0 Å². The number of anilines is 1. The lowest BCUT2D eigenvalue weighted by atomic mass is 9.99. The smallest absolute Gasteiger partial charge is 0.262 e. The Hall–Kier alpha value is -2.60. The Kier molecular flexibility index (Phi) is 4.96. The molecule has 1 heterocycles. The van der Waals surface area contributed by atoms with E-state index in [1.165, 1.54) is 0 Å². The fraction of sp³-hybridized carbons (Fsp3) is 0.278. The van der Waals surface area contributed by atoms with Crippen molar-refractivity contribution in [2.75, 3.05) is 25.6 Å². The van der Waals surface area contributed by atoms with Crippen LogP contribution in [0.2, 0.25) is 0 Å². The molecule has 1 aliphatic rings. The number of benzene rings is 2. The number of carbonyl (C=O) groups is 1. The Balaban J connectivity index is 1.60. The van der Waals surface area contributed by atoms with Crippen molar-refractivity contribution in [1.29, 1.82) is 0 Å². The van der Waals surface area contributed by atoms with E-state index < -0.39 is 5.91 Å². The van der Waals surface area contributed by atoms with E-state index in [0.29, 0.717) is 30.0 Å². The summed E-state index contributed by atoms with van der Waals surface area (Å²) in [5.74, 6) is 0.491. The third kappa shape index (κ3) is 3.65. The number of halogens is 1. The molecule has 0 saturated heterocycles. The number of hydrogen-bond acceptors (Lipinski definition) is 4. The molecule has 0 saturated carbocycles. The zero-order valence-corrected chi connectivity index (χ0v) is 13.4. The number of amides is 1. The standard InChI is InChI=1S/C18H19FN2O3/c1-23-13-3-5-14(6-4-13)24-11-17(22)21-16-7-2-12-10-20-9-8-15(12)18(16)19/h2-7,20H,8-11H2,1H3,(H,21,22).